The highest BCUT2D eigenvalue weighted by atomic mass is 127. The van der Waals surface area contributed by atoms with E-state index >= 15 is 0 Å². The SMILES string of the molecule is Cc1csc(N2CCCN(C(=O)CNC(=O)c3ccccc3I)CC2)n1. The van der Waals surface area contributed by atoms with Crippen LogP contribution in [0.5, 0.6) is 0 Å². The highest BCUT2D eigenvalue weighted by Gasteiger charge is 2.21. The standard InChI is InChI=1S/C18H21IN4O2S/c1-13-12-26-18(21-13)23-8-4-7-22(9-10-23)16(24)11-20-17(25)14-5-2-3-6-15(14)19/h2-3,5-6,12H,4,7-11H2,1H3,(H,20,25). The van der Waals surface area contributed by atoms with E-state index < -0.39 is 0 Å². The van der Waals surface area contributed by atoms with Gasteiger partial charge in [-0.25, -0.2) is 4.98 Å². The Bertz CT molecular complexity index is 795. The number of thiazole rings is 1. The number of nitrogens with zero attached hydrogens (tertiary/aromatic N) is 3. The van der Waals surface area contributed by atoms with E-state index in [-0.39, 0.29) is 18.4 Å². The molecule has 2 heterocycles. The summed E-state index contributed by atoms with van der Waals surface area (Å²) in [7, 11) is 0. The van der Waals surface area contributed by atoms with Gasteiger partial charge in [0.25, 0.3) is 5.91 Å². The predicted molar refractivity (Wildman–Crippen MR) is 112 cm³/mol. The summed E-state index contributed by atoms with van der Waals surface area (Å²) in [6.07, 6.45) is 0.898. The molecule has 0 atom stereocenters. The Labute approximate surface area is 170 Å². The van der Waals surface area contributed by atoms with Crippen LogP contribution in [0.15, 0.2) is 29.6 Å². The zero-order valence-corrected chi connectivity index (χ0v) is 17.5. The van der Waals surface area contributed by atoms with Gasteiger partial charge in [0.2, 0.25) is 5.91 Å². The lowest BCUT2D eigenvalue weighted by Crippen LogP contribution is -2.42. The molecule has 6 nitrogen and oxygen atoms in total. The van der Waals surface area contributed by atoms with E-state index in [2.05, 4.69) is 37.8 Å². The molecule has 138 valence electrons. The second kappa shape index (κ2) is 8.81. The summed E-state index contributed by atoms with van der Waals surface area (Å²) in [4.78, 5) is 33.3. The number of carbonyl (C=O) groups is 2. The van der Waals surface area contributed by atoms with Crippen molar-refractivity contribution in [2.75, 3.05) is 37.6 Å². The molecule has 26 heavy (non-hydrogen) atoms. The van der Waals surface area contributed by atoms with Crippen molar-refractivity contribution in [1.29, 1.82) is 0 Å². The molecular weight excluding hydrogens is 463 g/mol. The van der Waals surface area contributed by atoms with Crippen molar-refractivity contribution in [2.24, 2.45) is 0 Å². The molecule has 3 rings (SSSR count). The Morgan fingerprint density at radius 3 is 2.77 bits per heavy atom. The van der Waals surface area contributed by atoms with Crippen molar-refractivity contribution < 1.29 is 9.59 Å². The van der Waals surface area contributed by atoms with Crippen molar-refractivity contribution in [2.45, 2.75) is 13.3 Å². The van der Waals surface area contributed by atoms with E-state index in [9.17, 15) is 9.59 Å². The molecule has 1 N–H and O–H groups in total. The first-order valence-electron chi connectivity index (χ1n) is 8.52. The number of benzene rings is 1. The number of amides is 2. The molecule has 1 aromatic heterocycles. The minimum Gasteiger partial charge on any atom is -0.346 e. The molecule has 1 fully saturated rings. The van der Waals surface area contributed by atoms with E-state index in [1.54, 1.807) is 17.4 Å². The highest BCUT2D eigenvalue weighted by molar-refractivity contribution is 14.1. The van der Waals surface area contributed by atoms with E-state index in [0.717, 1.165) is 33.9 Å². The van der Waals surface area contributed by atoms with Crippen molar-refractivity contribution in [3.8, 4) is 0 Å². The minimum absolute atomic E-state index is 0.0279. The van der Waals surface area contributed by atoms with Crippen LogP contribution in [0.25, 0.3) is 0 Å². The number of nitrogens with one attached hydrogen (secondary N) is 1. The maximum Gasteiger partial charge on any atom is 0.252 e. The minimum atomic E-state index is -0.210. The molecular formula is C18H21IN4O2S. The van der Waals surface area contributed by atoms with E-state index in [4.69, 9.17) is 0 Å². The van der Waals surface area contributed by atoms with Gasteiger partial charge in [-0.3, -0.25) is 9.59 Å². The zero-order valence-electron chi connectivity index (χ0n) is 14.6. The fraction of sp³-hybridized carbons (Fsp3) is 0.389. The van der Waals surface area contributed by atoms with Gasteiger partial charge in [0.15, 0.2) is 5.13 Å². The first-order chi connectivity index (χ1) is 12.5. The second-order valence-electron chi connectivity index (χ2n) is 6.16. The molecule has 1 aliphatic heterocycles. The number of hydrogen-bond donors (Lipinski definition) is 1. The Morgan fingerprint density at radius 1 is 1.23 bits per heavy atom. The van der Waals surface area contributed by atoms with Crippen LogP contribution in [0.2, 0.25) is 0 Å². The average molecular weight is 484 g/mol. The van der Waals surface area contributed by atoms with Crippen LogP contribution in [0.1, 0.15) is 22.5 Å². The molecule has 1 aliphatic rings. The van der Waals surface area contributed by atoms with Crippen molar-refractivity contribution in [3.05, 3.63) is 44.5 Å². The van der Waals surface area contributed by atoms with Crippen molar-refractivity contribution in [3.63, 3.8) is 0 Å². The third-order valence-electron chi connectivity index (χ3n) is 4.24. The summed E-state index contributed by atoms with van der Waals surface area (Å²) in [5.41, 5.74) is 1.63. The van der Waals surface area contributed by atoms with Crippen molar-refractivity contribution >= 4 is 50.9 Å². The van der Waals surface area contributed by atoms with Crippen LogP contribution < -0.4 is 10.2 Å². The fourth-order valence-corrected chi connectivity index (χ4v) is 4.34. The molecule has 2 amide bonds. The molecule has 0 spiro atoms. The molecule has 8 heteroatoms. The fourth-order valence-electron chi connectivity index (χ4n) is 2.85. The van der Waals surface area contributed by atoms with Crippen LogP contribution >= 0.6 is 33.9 Å². The van der Waals surface area contributed by atoms with Gasteiger partial charge < -0.3 is 15.1 Å². The highest BCUT2D eigenvalue weighted by Crippen LogP contribution is 2.21. The predicted octanol–water partition coefficient (Wildman–Crippen LogP) is 2.52. The lowest BCUT2D eigenvalue weighted by Gasteiger charge is -2.22. The van der Waals surface area contributed by atoms with Gasteiger partial charge in [-0.2, -0.15) is 0 Å². The third kappa shape index (κ3) is 4.73. The molecule has 0 unspecified atom stereocenters. The van der Waals surface area contributed by atoms with E-state index in [1.165, 1.54) is 0 Å². The van der Waals surface area contributed by atoms with Gasteiger partial charge >= 0.3 is 0 Å². The van der Waals surface area contributed by atoms with Gasteiger partial charge in [-0.15, -0.1) is 11.3 Å². The van der Waals surface area contributed by atoms with Crippen LogP contribution in [-0.4, -0.2) is 54.4 Å². The normalized spacial score (nSPS) is 14.8. The summed E-state index contributed by atoms with van der Waals surface area (Å²) in [5.74, 6) is -0.250. The molecule has 0 bridgehead atoms. The van der Waals surface area contributed by atoms with Crippen LogP contribution in [-0.2, 0) is 4.79 Å². The number of aromatic nitrogens is 1. The summed E-state index contributed by atoms with van der Waals surface area (Å²) >= 11 is 3.77. The summed E-state index contributed by atoms with van der Waals surface area (Å²) in [6.45, 7) is 5.04. The molecule has 0 saturated carbocycles. The van der Waals surface area contributed by atoms with Crippen LogP contribution in [0, 0.1) is 10.5 Å². The summed E-state index contributed by atoms with van der Waals surface area (Å²) < 4.78 is 0.874. The second-order valence-corrected chi connectivity index (χ2v) is 8.15. The summed E-state index contributed by atoms with van der Waals surface area (Å²) in [5, 5.41) is 5.81. The Morgan fingerprint density at radius 2 is 2.04 bits per heavy atom. The van der Waals surface area contributed by atoms with Gasteiger partial charge in [-0.05, 0) is 48.1 Å². The van der Waals surface area contributed by atoms with Crippen LogP contribution in [0.3, 0.4) is 0 Å². The summed E-state index contributed by atoms with van der Waals surface area (Å²) in [6, 6.07) is 7.35. The number of halogens is 1. The van der Waals surface area contributed by atoms with Gasteiger partial charge in [-0.1, -0.05) is 12.1 Å². The maximum atomic E-state index is 12.5. The van der Waals surface area contributed by atoms with Gasteiger partial charge in [0.1, 0.15) is 0 Å². The molecule has 1 saturated heterocycles. The number of anilines is 1. The van der Waals surface area contributed by atoms with E-state index in [1.807, 2.05) is 35.4 Å². The Hall–Kier alpha value is -1.68. The Balaban J connectivity index is 1.52. The Kier molecular flexibility index (Phi) is 6.47. The van der Waals surface area contributed by atoms with Crippen LogP contribution in [0.4, 0.5) is 5.13 Å². The average Bonchev–Trinajstić information content (AvgIpc) is 2.92. The molecule has 1 aromatic carbocycles. The lowest BCUT2D eigenvalue weighted by atomic mass is 10.2. The first kappa shape index (κ1) is 19.1. The first-order valence-corrected chi connectivity index (χ1v) is 10.5. The molecule has 0 radical (unpaired) electrons. The number of rotatable bonds is 4. The smallest absolute Gasteiger partial charge is 0.252 e. The maximum absolute atomic E-state index is 12.5. The van der Waals surface area contributed by atoms with Gasteiger partial charge in [0, 0.05) is 35.1 Å². The number of carbonyl (C=O) groups excluding carboxylic acids is 2. The third-order valence-corrected chi connectivity index (χ3v) is 6.20. The molecule has 2 aromatic rings. The lowest BCUT2D eigenvalue weighted by molar-refractivity contribution is -0.129. The molecule has 0 aliphatic carbocycles. The topological polar surface area (TPSA) is 65.5 Å². The number of hydrogen-bond acceptors (Lipinski definition) is 5. The van der Waals surface area contributed by atoms with E-state index in [0.29, 0.717) is 18.7 Å². The largest absolute Gasteiger partial charge is 0.346 e. The number of aryl methyl sites for hydroxylation is 1. The quantitative estimate of drug-likeness (QED) is 0.678. The zero-order chi connectivity index (χ0) is 18.5. The van der Waals surface area contributed by atoms with Crippen molar-refractivity contribution in [1.82, 2.24) is 15.2 Å². The van der Waals surface area contributed by atoms with Gasteiger partial charge in [0.05, 0.1) is 17.8 Å². The monoisotopic (exact) mass is 484 g/mol.